The monoisotopic (exact) mass is 299 g/mol. The maximum absolute atomic E-state index is 5.79. The molecular weight excluding hydrogens is 274 g/mol. The fraction of sp³-hybridized carbons (Fsp3) is 0.500. The summed E-state index contributed by atoms with van der Waals surface area (Å²) < 4.78 is 7.85. The van der Waals surface area contributed by atoms with E-state index in [0.717, 1.165) is 32.5 Å². The van der Waals surface area contributed by atoms with Gasteiger partial charge >= 0.3 is 0 Å². The van der Waals surface area contributed by atoms with Crippen LogP contribution in [0.2, 0.25) is 0 Å². The Balaban J connectivity index is 1.58. The van der Waals surface area contributed by atoms with Crippen LogP contribution in [0, 0.1) is 5.92 Å². The topological polar surface area (TPSA) is 39.1 Å². The lowest BCUT2D eigenvalue weighted by atomic mass is 9.88. The fourth-order valence-corrected chi connectivity index (χ4v) is 3.26. The molecule has 1 aliphatic heterocycles. The summed E-state index contributed by atoms with van der Waals surface area (Å²) in [6, 6.07) is 8.47. The van der Waals surface area contributed by atoms with E-state index < -0.39 is 0 Å². The van der Waals surface area contributed by atoms with Gasteiger partial charge in [-0.05, 0) is 50.8 Å². The van der Waals surface area contributed by atoms with Gasteiger partial charge in [-0.2, -0.15) is 0 Å². The molecule has 4 heteroatoms. The molecule has 1 saturated heterocycles. The number of rotatable bonds is 5. The largest absolute Gasteiger partial charge is 0.376 e. The van der Waals surface area contributed by atoms with Crippen molar-refractivity contribution in [3.63, 3.8) is 0 Å². The van der Waals surface area contributed by atoms with Crippen molar-refractivity contribution in [2.24, 2.45) is 5.92 Å². The summed E-state index contributed by atoms with van der Waals surface area (Å²) in [6.07, 6.45) is 7.93. The van der Waals surface area contributed by atoms with Gasteiger partial charge in [0.2, 0.25) is 0 Å². The standard InChI is InChI=1S/C18H25N3O/c1-18(2)11-15(7-10-22-18)12-20-13-16-5-3-4-6-17(16)21-9-8-19-14-21/h3-6,8-9,14-15,20H,7,10-13H2,1-2H3. The number of aromatic nitrogens is 2. The number of hydrogen-bond acceptors (Lipinski definition) is 3. The third-order valence-electron chi connectivity index (χ3n) is 4.32. The number of nitrogens with zero attached hydrogens (tertiary/aromatic N) is 2. The van der Waals surface area contributed by atoms with Gasteiger partial charge in [0.05, 0.1) is 17.6 Å². The Morgan fingerprint density at radius 3 is 3.00 bits per heavy atom. The van der Waals surface area contributed by atoms with Gasteiger partial charge in [-0.1, -0.05) is 18.2 Å². The van der Waals surface area contributed by atoms with Gasteiger partial charge in [-0.3, -0.25) is 0 Å². The molecule has 1 unspecified atom stereocenters. The van der Waals surface area contributed by atoms with Crippen molar-refractivity contribution < 1.29 is 4.74 Å². The van der Waals surface area contributed by atoms with Crippen molar-refractivity contribution in [1.82, 2.24) is 14.9 Å². The molecule has 1 atom stereocenters. The van der Waals surface area contributed by atoms with Crippen LogP contribution in [0.3, 0.4) is 0 Å². The maximum atomic E-state index is 5.79. The SMILES string of the molecule is CC1(C)CC(CNCc2ccccc2-n2ccnc2)CCO1. The Bertz CT molecular complexity index is 592. The molecule has 1 N–H and O–H groups in total. The van der Waals surface area contributed by atoms with Gasteiger partial charge in [0, 0.05) is 25.5 Å². The number of nitrogens with one attached hydrogen (secondary N) is 1. The summed E-state index contributed by atoms with van der Waals surface area (Å²) in [5.74, 6) is 0.698. The molecular formula is C18H25N3O. The van der Waals surface area contributed by atoms with E-state index in [4.69, 9.17) is 4.74 Å². The smallest absolute Gasteiger partial charge is 0.0991 e. The molecule has 0 radical (unpaired) electrons. The molecule has 1 aromatic heterocycles. The Kier molecular flexibility index (Phi) is 4.60. The van der Waals surface area contributed by atoms with Crippen molar-refractivity contribution >= 4 is 0 Å². The minimum Gasteiger partial charge on any atom is -0.376 e. The quantitative estimate of drug-likeness (QED) is 0.921. The van der Waals surface area contributed by atoms with Crippen LogP contribution in [0.25, 0.3) is 5.69 Å². The first-order chi connectivity index (χ1) is 10.6. The van der Waals surface area contributed by atoms with E-state index in [0.29, 0.717) is 5.92 Å². The third kappa shape index (κ3) is 3.76. The van der Waals surface area contributed by atoms with E-state index in [1.54, 1.807) is 0 Å². The summed E-state index contributed by atoms with van der Waals surface area (Å²) in [6.45, 7) is 7.18. The van der Waals surface area contributed by atoms with Gasteiger partial charge in [0.15, 0.2) is 0 Å². The minimum absolute atomic E-state index is 0.0271. The highest BCUT2D eigenvalue weighted by atomic mass is 16.5. The van der Waals surface area contributed by atoms with Crippen LogP contribution in [-0.4, -0.2) is 28.3 Å². The molecule has 22 heavy (non-hydrogen) atoms. The van der Waals surface area contributed by atoms with E-state index >= 15 is 0 Å². The number of imidazole rings is 1. The van der Waals surface area contributed by atoms with Crippen LogP contribution < -0.4 is 5.32 Å². The van der Waals surface area contributed by atoms with Gasteiger partial charge in [0.1, 0.15) is 0 Å². The van der Waals surface area contributed by atoms with Gasteiger partial charge in [-0.25, -0.2) is 4.98 Å². The number of benzene rings is 1. The molecule has 0 amide bonds. The van der Waals surface area contributed by atoms with E-state index in [-0.39, 0.29) is 5.60 Å². The molecule has 0 bridgehead atoms. The van der Waals surface area contributed by atoms with Crippen LogP contribution in [-0.2, 0) is 11.3 Å². The molecule has 1 aromatic carbocycles. The summed E-state index contributed by atoms with van der Waals surface area (Å²) in [5, 5.41) is 3.62. The summed E-state index contributed by atoms with van der Waals surface area (Å²) >= 11 is 0. The van der Waals surface area contributed by atoms with Crippen molar-refractivity contribution in [3.8, 4) is 5.69 Å². The summed E-state index contributed by atoms with van der Waals surface area (Å²) in [4.78, 5) is 4.14. The second-order valence-electron chi connectivity index (χ2n) is 6.70. The van der Waals surface area contributed by atoms with Crippen molar-refractivity contribution in [3.05, 3.63) is 48.5 Å². The Morgan fingerprint density at radius 2 is 2.23 bits per heavy atom. The average Bonchev–Trinajstić information content (AvgIpc) is 3.01. The zero-order chi connectivity index (χ0) is 15.4. The van der Waals surface area contributed by atoms with Crippen molar-refractivity contribution in [2.45, 2.75) is 38.8 Å². The average molecular weight is 299 g/mol. The van der Waals surface area contributed by atoms with Crippen molar-refractivity contribution in [2.75, 3.05) is 13.2 Å². The van der Waals surface area contributed by atoms with E-state index in [1.807, 2.05) is 18.7 Å². The third-order valence-corrected chi connectivity index (χ3v) is 4.32. The highest BCUT2D eigenvalue weighted by Gasteiger charge is 2.28. The second-order valence-corrected chi connectivity index (χ2v) is 6.70. The lowest BCUT2D eigenvalue weighted by Gasteiger charge is -2.35. The van der Waals surface area contributed by atoms with Crippen LogP contribution in [0.5, 0.6) is 0 Å². The lowest BCUT2D eigenvalue weighted by molar-refractivity contribution is -0.0718. The highest BCUT2D eigenvalue weighted by molar-refractivity contribution is 5.40. The van der Waals surface area contributed by atoms with Gasteiger partial charge < -0.3 is 14.6 Å². The Hall–Kier alpha value is -1.65. The molecule has 3 rings (SSSR count). The molecule has 1 fully saturated rings. The van der Waals surface area contributed by atoms with Crippen LogP contribution in [0.4, 0.5) is 0 Å². The van der Waals surface area contributed by atoms with E-state index in [1.165, 1.54) is 11.3 Å². The van der Waals surface area contributed by atoms with Gasteiger partial charge in [-0.15, -0.1) is 0 Å². The van der Waals surface area contributed by atoms with Crippen LogP contribution in [0.1, 0.15) is 32.3 Å². The Morgan fingerprint density at radius 1 is 1.36 bits per heavy atom. The number of hydrogen-bond donors (Lipinski definition) is 1. The second kappa shape index (κ2) is 6.63. The lowest BCUT2D eigenvalue weighted by Crippen LogP contribution is -2.37. The molecule has 4 nitrogen and oxygen atoms in total. The van der Waals surface area contributed by atoms with Gasteiger partial charge in [0.25, 0.3) is 0 Å². The van der Waals surface area contributed by atoms with E-state index in [9.17, 15) is 0 Å². The first kappa shape index (κ1) is 15.3. The minimum atomic E-state index is 0.0271. The zero-order valence-corrected chi connectivity index (χ0v) is 13.5. The molecule has 0 spiro atoms. The highest BCUT2D eigenvalue weighted by Crippen LogP contribution is 2.28. The van der Waals surface area contributed by atoms with Crippen molar-refractivity contribution in [1.29, 1.82) is 0 Å². The predicted molar refractivity (Wildman–Crippen MR) is 88.0 cm³/mol. The first-order valence-corrected chi connectivity index (χ1v) is 8.05. The van der Waals surface area contributed by atoms with Crippen LogP contribution in [0.15, 0.2) is 43.0 Å². The molecule has 0 saturated carbocycles. The Labute approximate surface area is 132 Å². The predicted octanol–water partition coefficient (Wildman–Crippen LogP) is 3.17. The molecule has 118 valence electrons. The molecule has 2 heterocycles. The van der Waals surface area contributed by atoms with Crippen LogP contribution >= 0.6 is 0 Å². The fourth-order valence-electron chi connectivity index (χ4n) is 3.26. The zero-order valence-electron chi connectivity index (χ0n) is 13.5. The maximum Gasteiger partial charge on any atom is 0.0991 e. The molecule has 1 aliphatic rings. The number of ether oxygens (including phenoxy) is 1. The molecule has 2 aromatic rings. The molecule has 0 aliphatic carbocycles. The normalized spacial score (nSPS) is 20.9. The van der Waals surface area contributed by atoms with E-state index in [2.05, 4.69) is 53.0 Å². The summed E-state index contributed by atoms with van der Waals surface area (Å²) in [5.41, 5.74) is 2.52. The summed E-state index contributed by atoms with van der Waals surface area (Å²) in [7, 11) is 0. The number of para-hydroxylation sites is 1. The first-order valence-electron chi connectivity index (χ1n) is 8.05.